The second kappa shape index (κ2) is 8.36. The lowest BCUT2D eigenvalue weighted by molar-refractivity contribution is 0.0953. The summed E-state index contributed by atoms with van der Waals surface area (Å²) in [6.45, 7) is 0.498. The van der Waals surface area contributed by atoms with Gasteiger partial charge in [0.25, 0.3) is 5.91 Å². The molecule has 9 nitrogen and oxygen atoms in total. The van der Waals surface area contributed by atoms with Crippen molar-refractivity contribution < 1.29 is 18.0 Å². The van der Waals surface area contributed by atoms with E-state index in [9.17, 15) is 18.0 Å². The van der Waals surface area contributed by atoms with Crippen LogP contribution in [0.3, 0.4) is 0 Å². The van der Waals surface area contributed by atoms with Crippen LogP contribution in [0.1, 0.15) is 16.1 Å². The molecule has 0 unspecified atom stereocenters. The molecule has 1 fully saturated rings. The van der Waals surface area contributed by atoms with Crippen molar-refractivity contribution in [2.24, 2.45) is 5.84 Å². The Morgan fingerprint density at radius 3 is 2.36 bits per heavy atom. The summed E-state index contributed by atoms with van der Waals surface area (Å²) < 4.78 is 23.3. The van der Waals surface area contributed by atoms with E-state index in [2.05, 4.69) is 4.98 Å². The highest BCUT2D eigenvalue weighted by molar-refractivity contribution is 7.91. The van der Waals surface area contributed by atoms with E-state index in [-0.39, 0.29) is 37.2 Å². The number of hydrazine groups is 1. The van der Waals surface area contributed by atoms with Gasteiger partial charge in [-0.3, -0.25) is 20.1 Å². The second-order valence-corrected chi connectivity index (χ2v) is 8.66. The van der Waals surface area contributed by atoms with Crippen molar-refractivity contribution >= 4 is 27.5 Å². The zero-order valence-corrected chi connectivity index (χ0v) is 15.9. The molecule has 3 rings (SSSR count). The average Bonchev–Trinajstić information content (AvgIpc) is 2.72. The maximum atomic E-state index is 13.1. The van der Waals surface area contributed by atoms with Gasteiger partial charge in [0.15, 0.2) is 9.84 Å². The smallest absolute Gasteiger partial charge is 0.322 e. The zero-order valence-electron chi connectivity index (χ0n) is 15.1. The summed E-state index contributed by atoms with van der Waals surface area (Å²) in [4.78, 5) is 31.9. The maximum absolute atomic E-state index is 13.1. The summed E-state index contributed by atoms with van der Waals surface area (Å²) in [5.41, 5.74) is 3.60. The standard InChI is InChI=1S/C18H21N5O4S/c19-21-17(24)14-6-7-15(20-12-14)13-23(16-4-2-1-3-5-16)18(25)22-8-10-28(26,27)11-9-22/h1-7,12H,8-11,13,19H2,(H,21,24). The predicted octanol–water partition coefficient (Wildman–Crippen LogP) is 0.542. The molecule has 1 aliphatic heterocycles. The number of pyridine rings is 1. The van der Waals surface area contributed by atoms with Gasteiger partial charge in [-0.05, 0) is 24.3 Å². The van der Waals surface area contributed by atoms with E-state index in [0.29, 0.717) is 16.9 Å². The molecule has 1 saturated heterocycles. The molecule has 0 spiro atoms. The summed E-state index contributed by atoms with van der Waals surface area (Å²) in [5, 5.41) is 0. The number of nitrogens with one attached hydrogen (secondary N) is 1. The fourth-order valence-corrected chi connectivity index (χ4v) is 4.05. The molecular weight excluding hydrogens is 382 g/mol. The largest absolute Gasteiger partial charge is 0.324 e. The van der Waals surface area contributed by atoms with Gasteiger partial charge in [-0.2, -0.15) is 0 Å². The van der Waals surface area contributed by atoms with E-state index in [1.54, 1.807) is 29.2 Å². The molecule has 10 heteroatoms. The van der Waals surface area contributed by atoms with Crippen LogP contribution in [0.25, 0.3) is 0 Å². The normalized spacial score (nSPS) is 15.7. The van der Waals surface area contributed by atoms with Crippen LogP contribution >= 0.6 is 0 Å². The minimum absolute atomic E-state index is 0.0392. The number of nitrogens with two attached hydrogens (primary N) is 1. The third-order valence-corrected chi connectivity index (χ3v) is 6.06. The number of hydrogen-bond acceptors (Lipinski definition) is 6. The van der Waals surface area contributed by atoms with Crippen LogP contribution in [0, 0.1) is 0 Å². The summed E-state index contributed by atoms with van der Waals surface area (Å²) in [7, 11) is -3.09. The van der Waals surface area contributed by atoms with Gasteiger partial charge in [0.1, 0.15) is 0 Å². The van der Waals surface area contributed by atoms with Crippen LogP contribution in [-0.4, -0.2) is 54.8 Å². The first-order chi connectivity index (χ1) is 13.4. The Morgan fingerprint density at radius 2 is 1.79 bits per heavy atom. The Labute approximate surface area is 163 Å². The average molecular weight is 403 g/mol. The van der Waals surface area contributed by atoms with Crippen LogP contribution in [0.4, 0.5) is 10.5 Å². The number of carbonyl (C=O) groups is 2. The van der Waals surface area contributed by atoms with Crippen molar-refractivity contribution in [2.75, 3.05) is 29.5 Å². The van der Waals surface area contributed by atoms with E-state index < -0.39 is 15.7 Å². The minimum atomic E-state index is -3.09. The highest BCUT2D eigenvalue weighted by atomic mass is 32.2. The number of aromatic nitrogens is 1. The Morgan fingerprint density at radius 1 is 1.11 bits per heavy atom. The van der Waals surface area contributed by atoms with E-state index in [0.717, 1.165) is 0 Å². The van der Waals surface area contributed by atoms with Crippen LogP contribution in [0.2, 0.25) is 0 Å². The van der Waals surface area contributed by atoms with Gasteiger partial charge in [-0.25, -0.2) is 19.1 Å². The number of urea groups is 1. The molecule has 0 saturated carbocycles. The Balaban J connectivity index is 1.82. The monoisotopic (exact) mass is 403 g/mol. The molecule has 3 amide bonds. The molecule has 0 bridgehead atoms. The molecule has 0 radical (unpaired) electrons. The lowest BCUT2D eigenvalue weighted by atomic mass is 10.2. The van der Waals surface area contributed by atoms with Gasteiger partial charge >= 0.3 is 6.03 Å². The van der Waals surface area contributed by atoms with Crippen molar-refractivity contribution in [3.63, 3.8) is 0 Å². The molecule has 3 N–H and O–H groups in total. The number of rotatable bonds is 4. The van der Waals surface area contributed by atoms with Gasteiger partial charge in [0.2, 0.25) is 0 Å². The molecule has 2 heterocycles. The quantitative estimate of drug-likeness (QED) is 0.436. The summed E-state index contributed by atoms with van der Waals surface area (Å²) in [6, 6.07) is 12.0. The number of nitrogen functional groups attached to an aromatic ring is 1. The lowest BCUT2D eigenvalue weighted by Gasteiger charge is -2.32. The molecule has 1 aromatic carbocycles. The molecular formula is C18H21N5O4S. The lowest BCUT2D eigenvalue weighted by Crippen LogP contribution is -2.49. The maximum Gasteiger partial charge on any atom is 0.324 e. The second-order valence-electron chi connectivity index (χ2n) is 6.35. The minimum Gasteiger partial charge on any atom is -0.322 e. The van der Waals surface area contributed by atoms with Gasteiger partial charge < -0.3 is 4.90 Å². The Kier molecular flexibility index (Phi) is 5.90. The fraction of sp³-hybridized carbons (Fsp3) is 0.278. The zero-order chi connectivity index (χ0) is 20.1. The van der Waals surface area contributed by atoms with Gasteiger partial charge in [0.05, 0.1) is 29.3 Å². The highest BCUT2D eigenvalue weighted by Gasteiger charge is 2.29. The molecule has 0 atom stereocenters. The van der Waals surface area contributed by atoms with E-state index in [1.165, 1.54) is 11.1 Å². The Bertz CT molecular complexity index is 934. The molecule has 1 aromatic heterocycles. The first-order valence-electron chi connectivity index (χ1n) is 8.67. The molecule has 28 heavy (non-hydrogen) atoms. The number of anilines is 1. The summed E-state index contributed by atoms with van der Waals surface area (Å²) in [5.74, 6) is 4.58. The number of hydrogen-bond donors (Lipinski definition) is 2. The topological polar surface area (TPSA) is 126 Å². The number of para-hydroxylation sites is 1. The van der Waals surface area contributed by atoms with Crippen molar-refractivity contribution in [1.29, 1.82) is 0 Å². The van der Waals surface area contributed by atoms with Crippen molar-refractivity contribution in [2.45, 2.75) is 6.54 Å². The molecule has 2 aromatic rings. The molecule has 0 aliphatic carbocycles. The van der Waals surface area contributed by atoms with Crippen LogP contribution in [-0.2, 0) is 16.4 Å². The van der Waals surface area contributed by atoms with Gasteiger partial charge in [0, 0.05) is 25.0 Å². The Hall–Kier alpha value is -2.98. The first kappa shape index (κ1) is 19.8. The van der Waals surface area contributed by atoms with Crippen LogP contribution in [0.5, 0.6) is 0 Å². The van der Waals surface area contributed by atoms with E-state index in [4.69, 9.17) is 5.84 Å². The number of sulfone groups is 1. The van der Waals surface area contributed by atoms with Crippen molar-refractivity contribution in [3.8, 4) is 0 Å². The number of nitrogens with zero attached hydrogens (tertiary/aromatic N) is 3. The number of carbonyl (C=O) groups excluding carboxylic acids is 2. The van der Waals surface area contributed by atoms with Crippen molar-refractivity contribution in [1.82, 2.24) is 15.3 Å². The van der Waals surface area contributed by atoms with Gasteiger partial charge in [-0.15, -0.1) is 0 Å². The molecule has 1 aliphatic rings. The van der Waals surface area contributed by atoms with Crippen molar-refractivity contribution in [3.05, 3.63) is 59.9 Å². The van der Waals surface area contributed by atoms with Crippen LogP contribution < -0.4 is 16.2 Å². The fourth-order valence-electron chi connectivity index (χ4n) is 2.85. The highest BCUT2D eigenvalue weighted by Crippen LogP contribution is 2.19. The number of amides is 3. The number of benzene rings is 1. The van der Waals surface area contributed by atoms with E-state index >= 15 is 0 Å². The summed E-state index contributed by atoms with van der Waals surface area (Å²) >= 11 is 0. The summed E-state index contributed by atoms with van der Waals surface area (Å²) in [6.07, 6.45) is 1.39. The van der Waals surface area contributed by atoms with Gasteiger partial charge in [-0.1, -0.05) is 18.2 Å². The van der Waals surface area contributed by atoms with E-state index in [1.807, 2.05) is 23.6 Å². The first-order valence-corrected chi connectivity index (χ1v) is 10.5. The van der Waals surface area contributed by atoms with Crippen LogP contribution in [0.15, 0.2) is 48.7 Å². The SMILES string of the molecule is NNC(=O)c1ccc(CN(C(=O)N2CCS(=O)(=O)CC2)c2ccccc2)nc1. The molecule has 148 valence electrons. The third-order valence-electron chi connectivity index (χ3n) is 4.45. The third kappa shape index (κ3) is 4.65. The predicted molar refractivity (Wildman–Crippen MR) is 104 cm³/mol.